The van der Waals surface area contributed by atoms with Crippen LogP contribution in [0.15, 0.2) is 82.6 Å². The van der Waals surface area contributed by atoms with Gasteiger partial charge < -0.3 is 29.9 Å². The zero-order valence-electron chi connectivity index (χ0n) is 27.2. The van der Waals surface area contributed by atoms with Crippen molar-refractivity contribution < 1.29 is 32.4 Å². The van der Waals surface area contributed by atoms with Gasteiger partial charge >= 0.3 is 0 Å². The van der Waals surface area contributed by atoms with Crippen LogP contribution in [0.3, 0.4) is 0 Å². The Morgan fingerprint density at radius 3 is 2.36 bits per heavy atom. The Morgan fingerprint density at radius 1 is 1.11 bits per heavy atom. The van der Waals surface area contributed by atoms with E-state index in [0.29, 0.717) is 29.1 Å². The number of para-hydroxylation sites is 1. The third-order valence-electron chi connectivity index (χ3n) is 8.40. The maximum Gasteiger partial charge on any atom is 0.258 e. The Balaban J connectivity index is 1.67. The molecule has 1 aliphatic rings. The Labute approximate surface area is 282 Å². The van der Waals surface area contributed by atoms with Crippen LogP contribution in [0.25, 0.3) is 0 Å². The van der Waals surface area contributed by atoms with Gasteiger partial charge in [-0.3, -0.25) is 9.59 Å². The second-order valence-corrected chi connectivity index (χ2v) is 16.2. The number of nitrogens with one attached hydrogen (secondary N) is 2. The molecule has 3 aromatic rings. The molecule has 0 bridgehead atoms. The number of thioether (sulfide) groups is 1. The van der Waals surface area contributed by atoms with Gasteiger partial charge in [0.1, 0.15) is 20.3 Å². The first-order valence-corrected chi connectivity index (χ1v) is 19.6. The molecule has 2 amide bonds. The van der Waals surface area contributed by atoms with Crippen LogP contribution in [0.5, 0.6) is 5.75 Å². The van der Waals surface area contributed by atoms with E-state index in [1.807, 2.05) is 42.7 Å². The van der Waals surface area contributed by atoms with Crippen LogP contribution >= 0.6 is 20.2 Å². The topological polar surface area (TPSA) is 142 Å². The molecule has 0 aromatic heterocycles. The fourth-order valence-corrected chi connectivity index (χ4v) is 8.71. The van der Waals surface area contributed by atoms with E-state index in [9.17, 15) is 27.7 Å². The number of amides is 2. The van der Waals surface area contributed by atoms with Crippen LogP contribution in [-0.4, -0.2) is 56.0 Å². The highest BCUT2D eigenvalue weighted by molar-refractivity contribution is 7.98. The number of unbranched alkanes of at least 4 members (excludes halogenated alkanes) is 1. The van der Waals surface area contributed by atoms with Gasteiger partial charge in [0.15, 0.2) is 21.9 Å². The molecule has 0 spiro atoms. The molecule has 4 rings (SSSR count). The summed E-state index contributed by atoms with van der Waals surface area (Å²) in [6.07, 6.45) is 5.20. The third-order valence-corrected chi connectivity index (χ3v) is 11.8. The molecule has 1 heterocycles. The lowest BCUT2D eigenvalue weighted by molar-refractivity contribution is -0.132. The average Bonchev–Trinajstić information content (AvgIpc) is 3.16. The summed E-state index contributed by atoms with van der Waals surface area (Å²) in [5.74, 6) is -1.17. The Hall–Kier alpha value is -3.31. The second-order valence-electron chi connectivity index (χ2n) is 12.1. The van der Waals surface area contributed by atoms with Gasteiger partial charge in [0.05, 0.1) is 21.2 Å². The number of hydrogen-bond donors (Lipinski definition) is 3. The number of rotatable bonds is 14. The fourth-order valence-electron chi connectivity index (χ4n) is 5.78. The molecule has 0 saturated heterocycles. The van der Waals surface area contributed by atoms with Crippen molar-refractivity contribution in [1.82, 2.24) is 10.6 Å². The molecule has 0 radical (unpaired) electrons. The van der Waals surface area contributed by atoms with Crippen molar-refractivity contribution in [3.8, 4) is 5.75 Å². The number of carbonyl (C=O) groups excluding carboxylic acids is 2. The molecule has 13 heteroatoms. The first-order valence-electron chi connectivity index (χ1n) is 15.6. The summed E-state index contributed by atoms with van der Waals surface area (Å²) >= 11 is 1.37. The van der Waals surface area contributed by atoms with Crippen LogP contribution in [0.2, 0.25) is 0 Å². The van der Waals surface area contributed by atoms with E-state index >= 15 is 0 Å². The molecule has 0 aliphatic carbocycles. The number of hydrogen-bond acceptors (Lipinski definition) is 9. The van der Waals surface area contributed by atoms with E-state index in [0.717, 1.165) is 24.9 Å². The summed E-state index contributed by atoms with van der Waals surface area (Å²) in [4.78, 5) is 29.1. The first-order chi connectivity index (χ1) is 22.4. The lowest BCUT2D eigenvalue weighted by Gasteiger charge is -2.36. The molecule has 3 unspecified atom stereocenters. The van der Waals surface area contributed by atoms with Gasteiger partial charge in [-0.15, -0.1) is 11.8 Å². The van der Waals surface area contributed by atoms with Gasteiger partial charge in [0.2, 0.25) is 5.91 Å². The standard InChI is InChI=1S/C34H44N3O7PS2/c1-5-7-18-34(6-2)22-37(25-16-12-9-13-17-25)26-19-28(46-4)27(20-29(26)47(42,43)23-34)44-21-30(38)35-31(24-14-10-8-11-15-24)32(39)36-33(3,40)45-41/h8-17,19-20,31,40H,5-7,18,21-23,45H2,1-4H3,(H,35,38)(H,36,39)/t31-,33?,34?/m1/s1. The van der Waals surface area contributed by atoms with Gasteiger partial charge in [0.25, 0.3) is 5.91 Å². The summed E-state index contributed by atoms with van der Waals surface area (Å²) in [6, 6.07) is 20.3. The van der Waals surface area contributed by atoms with Gasteiger partial charge in [-0.05, 0) is 49.8 Å². The van der Waals surface area contributed by atoms with E-state index < -0.39 is 53.6 Å². The number of aliphatic hydroxyl groups is 1. The molecule has 4 atom stereocenters. The maximum absolute atomic E-state index is 14.2. The summed E-state index contributed by atoms with van der Waals surface area (Å²) in [5.41, 5.74) is -0.485. The van der Waals surface area contributed by atoms with Gasteiger partial charge in [0, 0.05) is 23.7 Å². The predicted molar refractivity (Wildman–Crippen MR) is 188 cm³/mol. The molecular weight excluding hydrogens is 657 g/mol. The van der Waals surface area contributed by atoms with Crippen LogP contribution < -0.4 is 20.3 Å². The minimum Gasteiger partial charge on any atom is -0.483 e. The van der Waals surface area contributed by atoms with E-state index in [1.54, 1.807) is 30.3 Å². The largest absolute Gasteiger partial charge is 0.483 e. The Bertz CT molecular complexity index is 1670. The van der Waals surface area contributed by atoms with Crippen molar-refractivity contribution in [2.45, 2.75) is 67.8 Å². The molecule has 0 saturated carbocycles. The highest BCUT2D eigenvalue weighted by Crippen LogP contribution is 2.47. The van der Waals surface area contributed by atoms with E-state index in [1.165, 1.54) is 24.8 Å². The molecule has 47 heavy (non-hydrogen) atoms. The van der Waals surface area contributed by atoms with Gasteiger partial charge in [-0.2, -0.15) is 0 Å². The number of sulfone groups is 1. The number of benzene rings is 3. The highest BCUT2D eigenvalue weighted by Gasteiger charge is 2.42. The zero-order chi connectivity index (χ0) is 34.2. The number of carbonyl (C=O) groups is 2. The van der Waals surface area contributed by atoms with Crippen LogP contribution in [0.1, 0.15) is 58.1 Å². The molecule has 0 fully saturated rings. The zero-order valence-corrected chi connectivity index (χ0v) is 30.0. The number of anilines is 2. The number of ether oxygens (including phenoxy) is 1. The predicted octanol–water partition coefficient (Wildman–Crippen LogP) is 5.70. The van der Waals surface area contributed by atoms with Crippen molar-refractivity contribution in [2.24, 2.45) is 5.41 Å². The van der Waals surface area contributed by atoms with Crippen molar-refractivity contribution >= 4 is 53.2 Å². The van der Waals surface area contributed by atoms with Crippen molar-refractivity contribution in [2.75, 3.05) is 30.1 Å². The average molecular weight is 702 g/mol. The smallest absolute Gasteiger partial charge is 0.258 e. The molecule has 3 N–H and O–H groups in total. The quantitative estimate of drug-likeness (QED) is 0.110. The number of nitrogens with zero attached hydrogens (tertiary/aromatic N) is 1. The van der Waals surface area contributed by atoms with Crippen molar-refractivity contribution in [3.05, 3.63) is 78.4 Å². The third kappa shape index (κ3) is 8.99. The fraction of sp³-hybridized carbons (Fsp3) is 0.412. The summed E-state index contributed by atoms with van der Waals surface area (Å²) in [5, 5.41) is 15.1. The molecule has 1 aliphatic heterocycles. The van der Waals surface area contributed by atoms with Crippen LogP contribution in [-0.2, 0) is 24.0 Å². The van der Waals surface area contributed by atoms with Crippen molar-refractivity contribution in [3.63, 3.8) is 0 Å². The minimum absolute atomic E-state index is 0.00586. The molecule has 10 nitrogen and oxygen atoms in total. The monoisotopic (exact) mass is 701 g/mol. The lowest BCUT2D eigenvalue weighted by Crippen LogP contribution is -2.48. The summed E-state index contributed by atoms with van der Waals surface area (Å²) in [7, 11) is -5.52. The van der Waals surface area contributed by atoms with E-state index in [2.05, 4.69) is 29.4 Å². The first kappa shape index (κ1) is 36.5. The Kier molecular flexibility index (Phi) is 12.2. The molecular formula is C34H44N3O7PS2. The molecule has 254 valence electrons. The minimum atomic E-state index is -3.77. The lowest BCUT2D eigenvalue weighted by atomic mass is 9.81. The van der Waals surface area contributed by atoms with Gasteiger partial charge in [-0.25, -0.2) is 8.42 Å². The summed E-state index contributed by atoms with van der Waals surface area (Å²) < 4.78 is 45.7. The second kappa shape index (κ2) is 15.7. The highest BCUT2D eigenvalue weighted by atomic mass is 32.2. The van der Waals surface area contributed by atoms with Gasteiger partial charge in [-0.1, -0.05) is 75.2 Å². The molecule has 3 aromatic carbocycles. The van der Waals surface area contributed by atoms with E-state index in [-0.39, 0.29) is 16.4 Å². The Morgan fingerprint density at radius 2 is 1.77 bits per heavy atom. The normalized spacial score (nSPS) is 19.3. The SMILES string of the molecule is CCCCC1(CC)CN(c2ccccc2)c2cc(SC)c(OCC(=O)N[C@@H](C(=O)NC(C)(O)[PH2]=O)c3ccccc3)cc2S(=O)(=O)C1. The van der Waals surface area contributed by atoms with Crippen LogP contribution in [0, 0.1) is 5.41 Å². The van der Waals surface area contributed by atoms with Crippen molar-refractivity contribution in [1.29, 1.82) is 0 Å². The van der Waals surface area contributed by atoms with E-state index in [4.69, 9.17) is 4.74 Å². The number of fused-ring (bicyclic) bond motifs is 1. The maximum atomic E-state index is 14.2. The van der Waals surface area contributed by atoms with Crippen LogP contribution in [0.4, 0.5) is 11.4 Å². The summed E-state index contributed by atoms with van der Waals surface area (Å²) in [6.45, 7) is 5.40.